The molecular weight excluding hydrogens is 437 g/mol. The van der Waals surface area contributed by atoms with Gasteiger partial charge in [0.1, 0.15) is 0 Å². The average Bonchev–Trinajstić information content (AvgIpc) is 2.83. The molecule has 0 aromatic heterocycles. The highest BCUT2D eigenvalue weighted by atomic mass is 79.9. The topological polar surface area (TPSA) is 95.7 Å². The van der Waals surface area contributed by atoms with E-state index in [1.807, 2.05) is 4.81 Å². The molecule has 6 nitrogen and oxygen atoms in total. The summed E-state index contributed by atoms with van der Waals surface area (Å²) >= 11 is 6.55. The molecule has 1 aromatic rings. The Morgan fingerprint density at radius 2 is 2.18 bits per heavy atom. The molecule has 0 unspecified atom stereocenters. The van der Waals surface area contributed by atoms with Gasteiger partial charge in [0.25, 0.3) is 0 Å². The Morgan fingerprint density at radius 1 is 1.50 bits per heavy atom. The van der Waals surface area contributed by atoms with E-state index in [9.17, 15) is 13.4 Å². The maximum atomic E-state index is 12.6. The van der Waals surface area contributed by atoms with Crippen molar-refractivity contribution < 1.29 is 13.4 Å². The van der Waals surface area contributed by atoms with Crippen molar-refractivity contribution in [3.63, 3.8) is 0 Å². The van der Waals surface area contributed by atoms with E-state index in [2.05, 4.69) is 36.6 Å². The van der Waals surface area contributed by atoms with Crippen molar-refractivity contribution in [2.75, 3.05) is 13.1 Å². The quantitative estimate of drug-likeness (QED) is 0.577. The van der Waals surface area contributed by atoms with Gasteiger partial charge in [-0.25, -0.2) is 13.1 Å². The molecule has 1 aliphatic rings. The van der Waals surface area contributed by atoms with Gasteiger partial charge in [0.15, 0.2) is 0 Å². The van der Waals surface area contributed by atoms with E-state index in [1.165, 1.54) is 0 Å². The molecule has 0 spiro atoms. The van der Waals surface area contributed by atoms with Crippen LogP contribution in [0.3, 0.4) is 0 Å². The van der Waals surface area contributed by atoms with Gasteiger partial charge in [0.05, 0.1) is 4.90 Å². The average molecular weight is 455 g/mol. The Morgan fingerprint density at radius 3 is 2.73 bits per heavy atom. The minimum atomic E-state index is -3.65. The second-order valence-corrected chi connectivity index (χ2v) is 8.80. The summed E-state index contributed by atoms with van der Waals surface area (Å²) in [4.78, 5) is 1.99. The predicted molar refractivity (Wildman–Crippen MR) is 94.0 cm³/mol. The maximum absolute atomic E-state index is 12.6. The zero-order chi connectivity index (χ0) is 16.5. The van der Waals surface area contributed by atoms with Crippen LogP contribution in [0.15, 0.2) is 32.0 Å². The highest BCUT2D eigenvalue weighted by Crippen LogP contribution is 2.27. The molecule has 2 atom stereocenters. The number of nitrogens with two attached hydrogens (primary N) is 1. The molecule has 1 aromatic carbocycles. The van der Waals surface area contributed by atoms with Gasteiger partial charge >= 0.3 is 7.05 Å². The van der Waals surface area contributed by atoms with Gasteiger partial charge in [0.2, 0.25) is 10.0 Å². The van der Waals surface area contributed by atoms with E-state index in [4.69, 9.17) is 5.73 Å². The van der Waals surface area contributed by atoms with Crippen LogP contribution in [0.5, 0.6) is 0 Å². The van der Waals surface area contributed by atoms with Crippen LogP contribution in [-0.2, 0) is 10.0 Å². The van der Waals surface area contributed by atoms with E-state index in [1.54, 1.807) is 25.0 Å². The number of nitrogens with zero attached hydrogens (tertiary/aromatic N) is 1. The van der Waals surface area contributed by atoms with Crippen LogP contribution in [0.1, 0.15) is 6.42 Å². The number of rotatable bonds is 5. The Kier molecular flexibility index (Phi) is 6.09. The van der Waals surface area contributed by atoms with Crippen molar-refractivity contribution in [2.24, 2.45) is 5.73 Å². The molecule has 2 rings (SSSR count). The molecule has 1 fully saturated rings. The van der Waals surface area contributed by atoms with E-state index >= 15 is 0 Å². The summed E-state index contributed by atoms with van der Waals surface area (Å²) in [6, 6.07) is 4.68. The summed E-state index contributed by atoms with van der Waals surface area (Å²) in [6.07, 6.45) is 0.576. The molecule has 1 saturated heterocycles. The first-order valence-corrected chi connectivity index (χ1v) is 9.92. The predicted octanol–water partition coefficient (Wildman–Crippen LogP) is 1.00. The molecule has 10 heteroatoms. The third-order valence-corrected chi connectivity index (χ3v) is 6.72. The van der Waals surface area contributed by atoms with Gasteiger partial charge in [-0.2, -0.15) is 0 Å². The van der Waals surface area contributed by atoms with Gasteiger partial charge < -0.3 is 15.6 Å². The van der Waals surface area contributed by atoms with E-state index in [0.717, 1.165) is 0 Å². The molecule has 22 heavy (non-hydrogen) atoms. The van der Waals surface area contributed by atoms with Crippen LogP contribution in [0.2, 0.25) is 6.82 Å². The number of hydrogen-bond donors (Lipinski definition) is 3. The molecule has 0 bridgehead atoms. The minimum Gasteiger partial charge on any atom is -0.437 e. The van der Waals surface area contributed by atoms with Gasteiger partial charge in [-0.1, -0.05) is 15.9 Å². The van der Waals surface area contributed by atoms with Crippen molar-refractivity contribution in [2.45, 2.75) is 30.2 Å². The molecule has 1 aliphatic heterocycles. The van der Waals surface area contributed by atoms with Crippen LogP contribution in [-0.4, -0.2) is 50.5 Å². The second kappa shape index (κ2) is 7.29. The molecule has 0 saturated carbocycles. The van der Waals surface area contributed by atoms with Gasteiger partial charge in [-0.3, -0.25) is 0 Å². The summed E-state index contributed by atoms with van der Waals surface area (Å²) in [5, 5.41) is 9.75. The monoisotopic (exact) mass is 453 g/mol. The molecule has 0 aliphatic carbocycles. The zero-order valence-electron chi connectivity index (χ0n) is 12.0. The lowest BCUT2D eigenvalue weighted by Crippen LogP contribution is -2.45. The lowest BCUT2D eigenvalue weighted by molar-refractivity contribution is 0.348. The molecular formula is C12H18BBr2N3O3S. The fourth-order valence-electron chi connectivity index (χ4n) is 2.68. The SMILES string of the molecule is CB(O)N1C[C@H](NS(=O)(=O)c2cc(Br)ccc2Br)C[C@@H]1CN. The van der Waals surface area contributed by atoms with Crippen molar-refractivity contribution in [1.82, 2.24) is 9.53 Å². The summed E-state index contributed by atoms with van der Waals surface area (Å²) in [5.41, 5.74) is 5.70. The summed E-state index contributed by atoms with van der Waals surface area (Å²) in [5.74, 6) is 0. The smallest absolute Gasteiger partial charge is 0.376 e. The van der Waals surface area contributed by atoms with Gasteiger partial charge in [0, 0.05) is 34.1 Å². The minimum absolute atomic E-state index is 0.0290. The molecule has 0 radical (unpaired) electrons. The second-order valence-electron chi connectivity index (χ2n) is 5.35. The fraction of sp³-hybridized carbons (Fsp3) is 0.500. The molecule has 1 heterocycles. The first-order valence-electron chi connectivity index (χ1n) is 6.86. The summed E-state index contributed by atoms with van der Waals surface area (Å²) < 4.78 is 29.0. The first-order chi connectivity index (χ1) is 10.2. The highest BCUT2D eigenvalue weighted by molar-refractivity contribution is 9.11. The highest BCUT2D eigenvalue weighted by Gasteiger charge is 2.37. The van der Waals surface area contributed by atoms with Crippen LogP contribution >= 0.6 is 31.9 Å². The third kappa shape index (κ3) is 4.11. The van der Waals surface area contributed by atoms with Gasteiger partial charge in [-0.15, -0.1) is 0 Å². The lowest BCUT2D eigenvalue weighted by atomic mass is 9.84. The number of nitrogens with one attached hydrogen (secondary N) is 1. The number of sulfonamides is 1. The molecule has 122 valence electrons. The third-order valence-electron chi connectivity index (χ3n) is 3.71. The Balaban J connectivity index is 2.18. The van der Waals surface area contributed by atoms with Gasteiger partial charge in [-0.05, 0) is 47.4 Å². The van der Waals surface area contributed by atoms with E-state index < -0.39 is 17.1 Å². The lowest BCUT2D eigenvalue weighted by Gasteiger charge is -2.23. The van der Waals surface area contributed by atoms with Crippen LogP contribution in [0.25, 0.3) is 0 Å². The Labute approximate surface area is 147 Å². The number of halogens is 2. The zero-order valence-corrected chi connectivity index (χ0v) is 16.0. The largest absolute Gasteiger partial charge is 0.437 e. The van der Waals surface area contributed by atoms with Crippen molar-refractivity contribution in [3.8, 4) is 0 Å². The van der Waals surface area contributed by atoms with E-state index in [0.29, 0.717) is 28.5 Å². The molecule has 4 N–H and O–H groups in total. The maximum Gasteiger partial charge on any atom is 0.376 e. The van der Waals surface area contributed by atoms with Crippen molar-refractivity contribution >= 4 is 48.9 Å². The Bertz CT molecular complexity index is 645. The first kappa shape index (κ1) is 18.4. The Hall–Kier alpha value is 0.0349. The normalized spacial score (nSPS) is 23.0. The van der Waals surface area contributed by atoms with E-state index in [-0.39, 0.29) is 17.0 Å². The van der Waals surface area contributed by atoms with Crippen LogP contribution < -0.4 is 10.5 Å². The van der Waals surface area contributed by atoms with Crippen molar-refractivity contribution in [3.05, 3.63) is 27.1 Å². The summed E-state index contributed by atoms with van der Waals surface area (Å²) in [6.45, 7) is 2.47. The van der Waals surface area contributed by atoms with Crippen LogP contribution in [0.4, 0.5) is 0 Å². The number of benzene rings is 1. The molecule has 0 amide bonds. The van der Waals surface area contributed by atoms with Crippen LogP contribution in [0, 0.1) is 0 Å². The fourth-order valence-corrected chi connectivity index (χ4v) is 5.42. The standard InChI is InChI=1S/C12H18BBr2N3O3S/c1-13(19)18-7-9(5-10(18)6-16)17-22(20,21)12-4-8(14)2-3-11(12)15/h2-4,9-10,17,19H,5-7,16H2,1H3/t9-,10-/m1/s1. The summed E-state index contributed by atoms with van der Waals surface area (Å²) in [7, 11) is -4.31. The number of hydrogen-bond acceptors (Lipinski definition) is 5. The van der Waals surface area contributed by atoms with Crippen molar-refractivity contribution in [1.29, 1.82) is 0 Å².